The summed E-state index contributed by atoms with van der Waals surface area (Å²) in [6.07, 6.45) is 5.28. The number of likely N-dealkylation sites (tertiary alicyclic amines) is 1. The first kappa shape index (κ1) is 29.2. The standard InChI is InChI=1S/C34H39N5O3/c1-2-38-24-26(22-36-38)21-35-23-32(40)30(19-25-11-5-3-6-12-25)37-33(41)28-15-9-16-29(20-28)34(42)39-18-10-17-31(39)27-13-7-4-8-14-27/h3-9,11-16,20,22,24,30-32,35,40H,2,10,17-19,21,23H2,1H3,(H,37,41)/t30-,31?,32+/m0/s1. The molecule has 3 N–H and O–H groups in total. The summed E-state index contributed by atoms with van der Waals surface area (Å²) in [5, 5.41) is 21.8. The van der Waals surface area contributed by atoms with E-state index in [0.717, 1.165) is 36.1 Å². The molecule has 3 aromatic carbocycles. The van der Waals surface area contributed by atoms with Gasteiger partial charge < -0.3 is 20.6 Å². The lowest BCUT2D eigenvalue weighted by Gasteiger charge is -2.26. The molecule has 1 aliphatic heterocycles. The summed E-state index contributed by atoms with van der Waals surface area (Å²) < 4.78 is 1.86. The largest absolute Gasteiger partial charge is 0.390 e. The molecule has 1 fully saturated rings. The SMILES string of the molecule is CCn1cc(CNC[C@@H](O)[C@H](Cc2ccccc2)NC(=O)c2cccc(C(=O)N3CCCC3c3ccccc3)c2)cn1. The number of nitrogens with zero attached hydrogens (tertiary/aromatic N) is 3. The molecule has 2 heterocycles. The average molecular weight is 566 g/mol. The first-order chi connectivity index (χ1) is 20.5. The van der Waals surface area contributed by atoms with E-state index in [9.17, 15) is 14.7 Å². The predicted octanol–water partition coefficient (Wildman–Crippen LogP) is 4.37. The van der Waals surface area contributed by atoms with E-state index >= 15 is 0 Å². The van der Waals surface area contributed by atoms with Crippen LogP contribution >= 0.6 is 0 Å². The molecule has 218 valence electrons. The Morgan fingerprint density at radius 2 is 1.71 bits per heavy atom. The maximum absolute atomic E-state index is 13.6. The number of aromatic nitrogens is 2. The van der Waals surface area contributed by atoms with E-state index in [2.05, 4.69) is 27.9 Å². The highest BCUT2D eigenvalue weighted by molar-refractivity contribution is 6.00. The lowest BCUT2D eigenvalue weighted by molar-refractivity contribution is 0.0735. The first-order valence-electron chi connectivity index (χ1n) is 14.7. The smallest absolute Gasteiger partial charge is 0.254 e. The molecule has 4 aromatic rings. The fraction of sp³-hybridized carbons (Fsp3) is 0.324. The van der Waals surface area contributed by atoms with Crippen molar-refractivity contribution in [2.75, 3.05) is 13.1 Å². The van der Waals surface area contributed by atoms with Crippen molar-refractivity contribution >= 4 is 11.8 Å². The number of aryl methyl sites for hydroxylation is 1. The first-order valence-corrected chi connectivity index (χ1v) is 14.7. The number of rotatable bonds is 12. The highest BCUT2D eigenvalue weighted by Crippen LogP contribution is 2.33. The van der Waals surface area contributed by atoms with Crippen molar-refractivity contribution in [3.63, 3.8) is 0 Å². The Morgan fingerprint density at radius 3 is 2.45 bits per heavy atom. The van der Waals surface area contributed by atoms with Crippen LogP contribution in [0, 0.1) is 0 Å². The fourth-order valence-corrected chi connectivity index (χ4v) is 5.57. The number of aliphatic hydroxyl groups excluding tert-OH is 1. The molecular weight excluding hydrogens is 526 g/mol. The summed E-state index contributed by atoms with van der Waals surface area (Å²) in [7, 11) is 0. The molecule has 1 unspecified atom stereocenters. The van der Waals surface area contributed by atoms with Gasteiger partial charge in [0, 0.05) is 49.1 Å². The van der Waals surface area contributed by atoms with Crippen LogP contribution in [0.15, 0.2) is 97.3 Å². The minimum Gasteiger partial charge on any atom is -0.390 e. The zero-order valence-electron chi connectivity index (χ0n) is 24.0. The molecule has 5 rings (SSSR count). The molecule has 0 saturated carbocycles. The number of nitrogens with one attached hydrogen (secondary N) is 2. The van der Waals surface area contributed by atoms with Gasteiger partial charge in [-0.25, -0.2) is 0 Å². The Bertz CT molecular complexity index is 1460. The van der Waals surface area contributed by atoms with Gasteiger partial charge in [-0.05, 0) is 55.5 Å². The number of carbonyl (C=O) groups is 2. The minimum absolute atomic E-state index is 0.0328. The molecule has 1 saturated heterocycles. The van der Waals surface area contributed by atoms with E-state index in [0.29, 0.717) is 37.2 Å². The maximum Gasteiger partial charge on any atom is 0.254 e. The molecule has 0 radical (unpaired) electrons. The topological polar surface area (TPSA) is 99.5 Å². The predicted molar refractivity (Wildman–Crippen MR) is 163 cm³/mol. The van der Waals surface area contributed by atoms with Gasteiger partial charge in [0.2, 0.25) is 0 Å². The Morgan fingerprint density at radius 1 is 0.976 bits per heavy atom. The molecule has 1 aliphatic rings. The third-order valence-corrected chi connectivity index (χ3v) is 7.84. The summed E-state index contributed by atoms with van der Waals surface area (Å²) in [6, 6.07) is 26.3. The van der Waals surface area contributed by atoms with Crippen molar-refractivity contribution in [3.8, 4) is 0 Å². The van der Waals surface area contributed by atoms with Crippen LogP contribution in [-0.4, -0.2) is 56.8 Å². The van der Waals surface area contributed by atoms with Crippen LogP contribution in [0.2, 0.25) is 0 Å². The second-order valence-electron chi connectivity index (χ2n) is 10.8. The van der Waals surface area contributed by atoms with Gasteiger partial charge in [0.1, 0.15) is 0 Å². The van der Waals surface area contributed by atoms with Crippen LogP contribution in [-0.2, 0) is 19.5 Å². The lowest BCUT2D eigenvalue weighted by atomic mass is 10.00. The van der Waals surface area contributed by atoms with Gasteiger partial charge in [-0.15, -0.1) is 0 Å². The number of hydrogen-bond donors (Lipinski definition) is 3. The van der Waals surface area contributed by atoms with Crippen LogP contribution in [0.25, 0.3) is 0 Å². The number of hydrogen-bond acceptors (Lipinski definition) is 5. The monoisotopic (exact) mass is 565 g/mol. The van der Waals surface area contributed by atoms with Crippen molar-refractivity contribution in [1.82, 2.24) is 25.3 Å². The molecule has 8 heteroatoms. The molecule has 0 spiro atoms. The van der Waals surface area contributed by atoms with Gasteiger partial charge >= 0.3 is 0 Å². The van der Waals surface area contributed by atoms with Crippen LogP contribution < -0.4 is 10.6 Å². The number of carbonyl (C=O) groups excluding carboxylic acids is 2. The van der Waals surface area contributed by atoms with Gasteiger partial charge in [0.15, 0.2) is 0 Å². The second kappa shape index (κ2) is 14.1. The second-order valence-corrected chi connectivity index (χ2v) is 10.8. The van der Waals surface area contributed by atoms with Crippen molar-refractivity contribution < 1.29 is 14.7 Å². The van der Waals surface area contributed by atoms with E-state index in [4.69, 9.17) is 0 Å². The van der Waals surface area contributed by atoms with E-state index in [-0.39, 0.29) is 17.9 Å². The molecular formula is C34H39N5O3. The van der Waals surface area contributed by atoms with Gasteiger partial charge in [-0.2, -0.15) is 5.10 Å². The highest BCUT2D eigenvalue weighted by Gasteiger charge is 2.31. The number of benzene rings is 3. The Kier molecular flexibility index (Phi) is 9.79. The van der Waals surface area contributed by atoms with E-state index in [1.54, 1.807) is 24.3 Å². The van der Waals surface area contributed by atoms with Crippen LogP contribution in [0.3, 0.4) is 0 Å². The van der Waals surface area contributed by atoms with Crippen molar-refractivity contribution in [1.29, 1.82) is 0 Å². The average Bonchev–Trinajstić information content (AvgIpc) is 3.71. The molecule has 0 bridgehead atoms. The van der Waals surface area contributed by atoms with Crippen LogP contribution in [0.5, 0.6) is 0 Å². The minimum atomic E-state index is -0.837. The number of aliphatic hydroxyl groups is 1. The van der Waals surface area contributed by atoms with Crippen molar-refractivity contribution in [2.45, 2.75) is 57.5 Å². The lowest BCUT2D eigenvalue weighted by Crippen LogP contribution is -2.48. The van der Waals surface area contributed by atoms with E-state index in [1.807, 2.05) is 77.4 Å². The molecule has 0 aliphatic carbocycles. The van der Waals surface area contributed by atoms with Crippen LogP contribution in [0.4, 0.5) is 0 Å². The van der Waals surface area contributed by atoms with Crippen LogP contribution in [0.1, 0.15) is 63.2 Å². The third-order valence-electron chi connectivity index (χ3n) is 7.84. The zero-order valence-corrected chi connectivity index (χ0v) is 24.0. The van der Waals surface area contributed by atoms with Gasteiger partial charge in [0.05, 0.1) is 24.4 Å². The third kappa shape index (κ3) is 7.32. The normalized spacial score (nSPS) is 16.2. The Hall–Kier alpha value is -4.27. The maximum atomic E-state index is 13.6. The fourth-order valence-electron chi connectivity index (χ4n) is 5.57. The molecule has 1 aromatic heterocycles. The summed E-state index contributed by atoms with van der Waals surface area (Å²) >= 11 is 0. The Labute approximate surface area is 247 Å². The van der Waals surface area contributed by atoms with Gasteiger partial charge in [-0.1, -0.05) is 66.7 Å². The number of amides is 2. The van der Waals surface area contributed by atoms with Crippen molar-refractivity contribution in [2.24, 2.45) is 0 Å². The highest BCUT2D eigenvalue weighted by atomic mass is 16.3. The molecule has 3 atom stereocenters. The Balaban J connectivity index is 1.27. The van der Waals surface area contributed by atoms with Crippen molar-refractivity contribution in [3.05, 3.63) is 125 Å². The quantitative estimate of drug-likeness (QED) is 0.237. The summed E-state index contributed by atoms with van der Waals surface area (Å²) in [5.74, 6) is -0.401. The summed E-state index contributed by atoms with van der Waals surface area (Å²) in [4.78, 5) is 29.0. The molecule has 42 heavy (non-hydrogen) atoms. The summed E-state index contributed by atoms with van der Waals surface area (Å²) in [5.41, 5.74) is 4.04. The zero-order chi connectivity index (χ0) is 29.3. The van der Waals surface area contributed by atoms with E-state index < -0.39 is 12.1 Å². The van der Waals surface area contributed by atoms with Gasteiger partial charge in [0.25, 0.3) is 11.8 Å². The molecule has 8 nitrogen and oxygen atoms in total. The molecule has 2 amide bonds. The van der Waals surface area contributed by atoms with Gasteiger partial charge in [-0.3, -0.25) is 14.3 Å². The summed E-state index contributed by atoms with van der Waals surface area (Å²) in [6.45, 7) is 4.38. The van der Waals surface area contributed by atoms with E-state index in [1.165, 1.54) is 0 Å².